The summed E-state index contributed by atoms with van der Waals surface area (Å²) in [6, 6.07) is 1.88. The van der Waals surface area contributed by atoms with Gasteiger partial charge in [0.1, 0.15) is 5.82 Å². The van der Waals surface area contributed by atoms with Crippen LogP contribution in [-0.2, 0) is 11.2 Å². The van der Waals surface area contributed by atoms with Gasteiger partial charge in [0.05, 0.1) is 7.11 Å². The Balaban J connectivity index is 2.41. The molecular weight excluding hydrogens is 256 g/mol. The van der Waals surface area contributed by atoms with E-state index in [1.807, 2.05) is 16.8 Å². The van der Waals surface area contributed by atoms with E-state index in [1.165, 1.54) is 11.3 Å². The maximum atomic E-state index is 11.5. The zero-order valence-corrected chi connectivity index (χ0v) is 10.3. The molecule has 0 aliphatic carbocycles. The van der Waals surface area contributed by atoms with Gasteiger partial charge < -0.3 is 14.8 Å². The van der Waals surface area contributed by atoms with Crippen LogP contribution in [0.5, 0.6) is 5.75 Å². The molecule has 0 saturated carbocycles. The molecule has 2 heterocycles. The molecule has 2 N–H and O–H groups in total. The Labute approximate surface area is 106 Å². The van der Waals surface area contributed by atoms with Gasteiger partial charge in [-0.25, -0.2) is 9.78 Å². The van der Waals surface area contributed by atoms with E-state index in [0.29, 0.717) is 12.2 Å². The van der Waals surface area contributed by atoms with Crippen LogP contribution < -0.4 is 5.56 Å². The smallest absolute Gasteiger partial charge is 0.360 e. The normalized spacial score (nSPS) is 10.3. The number of aromatic amines is 1. The van der Waals surface area contributed by atoms with Gasteiger partial charge in [-0.2, -0.15) is 11.3 Å². The van der Waals surface area contributed by atoms with Gasteiger partial charge in [0.25, 0.3) is 5.56 Å². The van der Waals surface area contributed by atoms with Gasteiger partial charge in [-0.15, -0.1) is 0 Å². The number of rotatable bonds is 3. The van der Waals surface area contributed by atoms with Crippen molar-refractivity contribution in [3.05, 3.63) is 44.3 Å². The van der Waals surface area contributed by atoms with E-state index >= 15 is 0 Å². The molecular formula is C11H10N2O4S. The number of hydrogen-bond donors (Lipinski definition) is 2. The van der Waals surface area contributed by atoms with Crippen LogP contribution in [0, 0.1) is 0 Å². The molecule has 2 rings (SSSR count). The third kappa shape index (κ3) is 2.40. The van der Waals surface area contributed by atoms with Crippen molar-refractivity contribution in [3.63, 3.8) is 0 Å². The predicted molar refractivity (Wildman–Crippen MR) is 65.0 cm³/mol. The zero-order chi connectivity index (χ0) is 13.1. The summed E-state index contributed by atoms with van der Waals surface area (Å²) in [6.45, 7) is 0. The molecule has 0 spiro atoms. The Morgan fingerprint density at radius 1 is 1.61 bits per heavy atom. The highest BCUT2D eigenvalue weighted by molar-refractivity contribution is 7.07. The Morgan fingerprint density at radius 2 is 2.39 bits per heavy atom. The Hall–Kier alpha value is -2.15. The van der Waals surface area contributed by atoms with E-state index < -0.39 is 17.3 Å². The standard InChI is InChI=1S/C11H10N2O4S/c1-17-11(16)8-9(14)10(15)13-7(12-8)4-6-2-3-18-5-6/h2-3,5,14H,4H2,1H3,(H,12,13,15). The fourth-order valence-electron chi connectivity index (χ4n) is 1.42. The number of thiophene rings is 1. The summed E-state index contributed by atoms with van der Waals surface area (Å²) in [6.07, 6.45) is 0.378. The highest BCUT2D eigenvalue weighted by Crippen LogP contribution is 2.13. The Morgan fingerprint density at radius 3 is 3.00 bits per heavy atom. The summed E-state index contributed by atoms with van der Waals surface area (Å²) in [5, 5.41) is 13.2. The average molecular weight is 266 g/mol. The van der Waals surface area contributed by atoms with Gasteiger partial charge >= 0.3 is 5.97 Å². The SMILES string of the molecule is COC(=O)c1nc(Cc2ccsc2)[nH]c(=O)c1O. The second-order valence-electron chi connectivity index (χ2n) is 3.51. The predicted octanol–water partition coefficient (Wildman–Crippen LogP) is 0.914. The van der Waals surface area contributed by atoms with E-state index in [1.54, 1.807) is 0 Å². The van der Waals surface area contributed by atoms with Gasteiger partial charge in [-0.3, -0.25) is 4.79 Å². The van der Waals surface area contributed by atoms with E-state index in [4.69, 9.17) is 0 Å². The summed E-state index contributed by atoms with van der Waals surface area (Å²) >= 11 is 1.52. The van der Waals surface area contributed by atoms with Crippen LogP contribution in [0.15, 0.2) is 21.6 Å². The lowest BCUT2D eigenvalue weighted by molar-refractivity contribution is 0.0589. The van der Waals surface area contributed by atoms with Gasteiger partial charge in [0.15, 0.2) is 5.69 Å². The summed E-state index contributed by atoms with van der Waals surface area (Å²) < 4.78 is 4.45. The number of esters is 1. The van der Waals surface area contributed by atoms with Gasteiger partial charge in [0, 0.05) is 6.42 Å². The van der Waals surface area contributed by atoms with E-state index in [0.717, 1.165) is 12.7 Å². The molecule has 0 atom stereocenters. The van der Waals surface area contributed by atoms with Crippen molar-refractivity contribution in [3.8, 4) is 5.75 Å². The van der Waals surface area contributed by atoms with Crippen LogP contribution >= 0.6 is 11.3 Å². The van der Waals surface area contributed by atoms with Crippen LogP contribution in [0.3, 0.4) is 0 Å². The topological polar surface area (TPSA) is 92.3 Å². The molecule has 0 aromatic carbocycles. The van der Waals surface area contributed by atoms with Crippen LogP contribution in [0.25, 0.3) is 0 Å². The third-order valence-electron chi connectivity index (χ3n) is 2.27. The molecule has 2 aromatic heterocycles. The number of nitrogens with one attached hydrogen (secondary N) is 1. The molecule has 18 heavy (non-hydrogen) atoms. The maximum Gasteiger partial charge on any atom is 0.360 e. The van der Waals surface area contributed by atoms with E-state index in [2.05, 4.69) is 14.7 Å². The molecule has 0 aliphatic rings. The molecule has 0 fully saturated rings. The zero-order valence-electron chi connectivity index (χ0n) is 9.47. The van der Waals surface area contributed by atoms with E-state index in [9.17, 15) is 14.7 Å². The maximum absolute atomic E-state index is 11.5. The van der Waals surface area contributed by atoms with Gasteiger partial charge in [0.2, 0.25) is 5.75 Å². The molecule has 7 heteroatoms. The second kappa shape index (κ2) is 5.01. The number of carbonyl (C=O) groups excluding carboxylic acids is 1. The average Bonchev–Trinajstić information content (AvgIpc) is 2.85. The van der Waals surface area contributed by atoms with Crippen molar-refractivity contribution < 1.29 is 14.6 Å². The number of nitrogens with zero attached hydrogens (tertiary/aromatic N) is 1. The lowest BCUT2D eigenvalue weighted by Gasteiger charge is -2.04. The molecule has 0 aliphatic heterocycles. The molecule has 2 aromatic rings. The fourth-order valence-corrected chi connectivity index (χ4v) is 2.09. The number of hydrogen-bond acceptors (Lipinski definition) is 6. The van der Waals surface area contributed by atoms with Crippen LogP contribution in [0.1, 0.15) is 21.9 Å². The third-order valence-corrected chi connectivity index (χ3v) is 3.01. The minimum atomic E-state index is -0.842. The molecule has 0 bridgehead atoms. The molecule has 0 amide bonds. The van der Waals surface area contributed by atoms with Crippen molar-refractivity contribution in [2.75, 3.05) is 7.11 Å². The minimum Gasteiger partial charge on any atom is -0.501 e. The highest BCUT2D eigenvalue weighted by atomic mass is 32.1. The van der Waals surface area contributed by atoms with Gasteiger partial charge in [-0.05, 0) is 22.4 Å². The van der Waals surface area contributed by atoms with Crippen molar-refractivity contribution in [1.82, 2.24) is 9.97 Å². The van der Waals surface area contributed by atoms with Crippen molar-refractivity contribution in [2.24, 2.45) is 0 Å². The number of H-pyrrole nitrogens is 1. The summed E-state index contributed by atoms with van der Waals surface area (Å²) in [7, 11) is 1.16. The monoisotopic (exact) mass is 266 g/mol. The van der Waals surface area contributed by atoms with E-state index in [-0.39, 0.29) is 5.69 Å². The molecule has 0 unspecified atom stereocenters. The largest absolute Gasteiger partial charge is 0.501 e. The molecule has 0 saturated heterocycles. The fraction of sp³-hybridized carbons (Fsp3) is 0.182. The summed E-state index contributed by atoms with van der Waals surface area (Å²) in [5.41, 5.74) is -0.160. The molecule has 0 radical (unpaired) electrons. The lowest BCUT2D eigenvalue weighted by atomic mass is 10.2. The van der Waals surface area contributed by atoms with Crippen molar-refractivity contribution >= 4 is 17.3 Å². The van der Waals surface area contributed by atoms with Crippen LogP contribution in [0.4, 0.5) is 0 Å². The minimum absolute atomic E-state index is 0.302. The number of carbonyl (C=O) groups is 1. The first-order valence-electron chi connectivity index (χ1n) is 5.03. The van der Waals surface area contributed by atoms with Crippen LogP contribution in [0.2, 0.25) is 0 Å². The molecule has 94 valence electrons. The Kier molecular flexibility index (Phi) is 3.42. The first kappa shape index (κ1) is 12.3. The van der Waals surface area contributed by atoms with Crippen molar-refractivity contribution in [1.29, 1.82) is 0 Å². The number of aromatic nitrogens is 2. The summed E-state index contributed by atoms with van der Waals surface area (Å²) in [5.74, 6) is -1.27. The number of ether oxygens (including phenoxy) is 1. The summed E-state index contributed by atoms with van der Waals surface area (Å²) in [4.78, 5) is 29.1. The number of methoxy groups -OCH3 is 1. The van der Waals surface area contributed by atoms with Crippen molar-refractivity contribution in [2.45, 2.75) is 6.42 Å². The highest BCUT2D eigenvalue weighted by Gasteiger charge is 2.18. The first-order valence-corrected chi connectivity index (χ1v) is 5.97. The first-order chi connectivity index (χ1) is 8.61. The lowest BCUT2D eigenvalue weighted by Crippen LogP contribution is -2.18. The second-order valence-corrected chi connectivity index (χ2v) is 4.29. The van der Waals surface area contributed by atoms with Crippen LogP contribution in [-0.4, -0.2) is 28.2 Å². The number of aromatic hydroxyl groups is 1. The van der Waals surface area contributed by atoms with Gasteiger partial charge in [-0.1, -0.05) is 0 Å². The quantitative estimate of drug-likeness (QED) is 0.806. The Bertz CT molecular complexity index is 618. The molecule has 6 nitrogen and oxygen atoms in total.